The molecule has 0 bridgehead atoms. The first-order chi connectivity index (χ1) is 7.63. The van der Waals surface area contributed by atoms with Gasteiger partial charge in [-0.15, -0.1) is 24.8 Å². The minimum Gasteiger partial charge on any atom is -0.353 e. The van der Waals surface area contributed by atoms with Gasteiger partial charge in [-0.25, -0.2) is 0 Å². The van der Waals surface area contributed by atoms with Crippen molar-refractivity contribution >= 4 is 30.7 Å². The fourth-order valence-corrected chi connectivity index (χ4v) is 1.94. The third kappa shape index (κ3) is 7.41. The van der Waals surface area contributed by atoms with E-state index >= 15 is 0 Å². The van der Waals surface area contributed by atoms with E-state index in [2.05, 4.69) is 17.1 Å². The van der Waals surface area contributed by atoms with E-state index in [4.69, 9.17) is 5.73 Å². The van der Waals surface area contributed by atoms with Crippen LogP contribution in [0.2, 0.25) is 0 Å². The number of hydrogen-bond donors (Lipinski definition) is 2. The summed E-state index contributed by atoms with van der Waals surface area (Å²) in [6.45, 7) is 8.24. The van der Waals surface area contributed by atoms with Gasteiger partial charge in [-0.05, 0) is 38.3 Å². The van der Waals surface area contributed by atoms with Gasteiger partial charge < -0.3 is 16.0 Å². The summed E-state index contributed by atoms with van der Waals surface area (Å²) in [5, 5.41) is 2.89. The number of nitrogens with one attached hydrogen (secondary N) is 1. The van der Waals surface area contributed by atoms with Crippen molar-refractivity contribution in [3.05, 3.63) is 0 Å². The number of amides is 1. The maximum atomic E-state index is 11.4. The van der Waals surface area contributed by atoms with Crippen LogP contribution < -0.4 is 11.1 Å². The first-order valence-corrected chi connectivity index (χ1v) is 6.39. The van der Waals surface area contributed by atoms with Crippen molar-refractivity contribution in [2.45, 2.75) is 39.2 Å². The molecular formula is C12H27Cl2N3O. The Morgan fingerprint density at radius 2 is 1.94 bits per heavy atom. The van der Waals surface area contributed by atoms with Crippen LogP contribution in [0.1, 0.15) is 33.1 Å². The number of halogens is 2. The molecule has 1 aliphatic heterocycles. The zero-order valence-electron chi connectivity index (χ0n) is 11.4. The molecule has 0 aromatic heterocycles. The molecule has 0 radical (unpaired) electrons. The molecule has 1 fully saturated rings. The first-order valence-electron chi connectivity index (χ1n) is 6.39. The van der Waals surface area contributed by atoms with Gasteiger partial charge in [0.15, 0.2) is 0 Å². The number of piperidine rings is 1. The molecule has 1 aliphatic rings. The average molecular weight is 300 g/mol. The molecule has 0 aromatic carbocycles. The third-order valence-electron chi connectivity index (χ3n) is 3.38. The van der Waals surface area contributed by atoms with E-state index in [9.17, 15) is 4.79 Å². The van der Waals surface area contributed by atoms with E-state index < -0.39 is 0 Å². The van der Waals surface area contributed by atoms with Gasteiger partial charge in [-0.2, -0.15) is 0 Å². The lowest BCUT2D eigenvalue weighted by atomic mass is 9.99. The molecule has 6 heteroatoms. The van der Waals surface area contributed by atoms with Crippen LogP contribution in [0.4, 0.5) is 0 Å². The topological polar surface area (TPSA) is 58.4 Å². The molecule has 1 atom stereocenters. The number of nitrogens with two attached hydrogens (primary N) is 1. The zero-order chi connectivity index (χ0) is 12.0. The van der Waals surface area contributed by atoms with Crippen molar-refractivity contribution in [1.29, 1.82) is 0 Å². The molecule has 4 nitrogen and oxygen atoms in total. The van der Waals surface area contributed by atoms with Crippen molar-refractivity contribution < 1.29 is 4.79 Å². The zero-order valence-corrected chi connectivity index (χ0v) is 13.0. The molecule has 1 rings (SSSR count). The second kappa shape index (κ2) is 10.9. The van der Waals surface area contributed by atoms with Crippen LogP contribution in [0.3, 0.4) is 0 Å². The van der Waals surface area contributed by atoms with Crippen LogP contribution in [0.5, 0.6) is 0 Å². The van der Waals surface area contributed by atoms with Gasteiger partial charge in [-0.3, -0.25) is 4.79 Å². The smallest absolute Gasteiger partial charge is 0.236 e. The van der Waals surface area contributed by atoms with Gasteiger partial charge in [-0.1, -0.05) is 13.8 Å². The Morgan fingerprint density at radius 3 is 2.44 bits per heavy atom. The van der Waals surface area contributed by atoms with Gasteiger partial charge in [0.25, 0.3) is 0 Å². The third-order valence-corrected chi connectivity index (χ3v) is 3.38. The van der Waals surface area contributed by atoms with E-state index in [-0.39, 0.29) is 36.8 Å². The fraction of sp³-hybridized carbons (Fsp3) is 0.917. The molecule has 0 saturated carbocycles. The maximum Gasteiger partial charge on any atom is 0.236 e. The molecule has 18 heavy (non-hydrogen) atoms. The molecule has 1 heterocycles. The van der Waals surface area contributed by atoms with Gasteiger partial charge in [0.05, 0.1) is 6.04 Å². The lowest BCUT2D eigenvalue weighted by Gasteiger charge is -2.30. The van der Waals surface area contributed by atoms with Crippen LogP contribution in [-0.4, -0.2) is 43.0 Å². The number of carbonyl (C=O) groups excluding carboxylic acids is 1. The quantitative estimate of drug-likeness (QED) is 0.807. The average Bonchev–Trinajstić information content (AvgIpc) is 2.30. The van der Waals surface area contributed by atoms with Gasteiger partial charge in [0.1, 0.15) is 0 Å². The van der Waals surface area contributed by atoms with Crippen LogP contribution in [0.25, 0.3) is 0 Å². The summed E-state index contributed by atoms with van der Waals surface area (Å²) in [5.41, 5.74) is 5.63. The van der Waals surface area contributed by atoms with E-state index in [0.29, 0.717) is 6.42 Å². The summed E-state index contributed by atoms with van der Waals surface area (Å²) in [6, 6.07) is -0.346. The largest absolute Gasteiger partial charge is 0.353 e. The Balaban J connectivity index is 0. The number of likely N-dealkylation sites (tertiary alicyclic amines) is 1. The van der Waals surface area contributed by atoms with Crippen molar-refractivity contribution in [2.75, 3.05) is 26.2 Å². The van der Waals surface area contributed by atoms with Crippen LogP contribution in [-0.2, 0) is 4.79 Å². The molecule has 0 spiro atoms. The number of nitrogens with zero attached hydrogens (tertiary/aromatic N) is 1. The highest BCUT2D eigenvalue weighted by Crippen LogP contribution is 2.14. The second-order valence-electron chi connectivity index (χ2n) is 4.83. The molecule has 0 unspecified atom stereocenters. The monoisotopic (exact) mass is 299 g/mol. The highest BCUT2D eigenvalue weighted by molar-refractivity contribution is 5.85. The van der Waals surface area contributed by atoms with Crippen molar-refractivity contribution in [3.8, 4) is 0 Å². The predicted molar refractivity (Wildman–Crippen MR) is 80.6 cm³/mol. The predicted octanol–water partition coefficient (Wildman–Crippen LogP) is 1.42. The molecule has 110 valence electrons. The Bertz CT molecular complexity index is 221. The van der Waals surface area contributed by atoms with Crippen LogP contribution in [0.15, 0.2) is 0 Å². The minimum absolute atomic E-state index is 0. The minimum atomic E-state index is -0.346. The molecular weight excluding hydrogens is 273 g/mol. The molecule has 0 aromatic rings. The van der Waals surface area contributed by atoms with E-state index in [1.807, 2.05) is 6.92 Å². The Hall–Kier alpha value is -0.0300. The van der Waals surface area contributed by atoms with Crippen molar-refractivity contribution in [2.24, 2.45) is 11.7 Å². The van der Waals surface area contributed by atoms with E-state index in [1.54, 1.807) is 0 Å². The number of carbonyl (C=O) groups is 1. The second-order valence-corrected chi connectivity index (χ2v) is 4.83. The standard InChI is InChI=1S/C12H25N3O.2ClH/c1-3-11(13)12(16)14-6-9-15-7-4-10(2)5-8-15;;/h10-11H,3-9,13H2,1-2H3,(H,14,16);2*1H/t11-;;/m0../s1. The first kappa shape index (κ1) is 20.3. The molecule has 3 N–H and O–H groups in total. The molecule has 1 amide bonds. The summed E-state index contributed by atoms with van der Waals surface area (Å²) in [6.07, 6.45) is 3.26. The van der Waals surface area contributed by atoms with Gasteiger partial charge in [0, 0.05) is 13.1 Å². The summed E-state index contributed by atoms with van der Waals surface area (Å²) in [5.74, 6) is 0.840. The Morgan fingerprint density at radius 1 is 1.39 bits per heavy atom. The maximum absolute atomic E-state index is 11.4. The van der Waals surface area contributed by atoms with Crippen molar-refractivity contribution in [3.63, 3.8) is 0 Å². The SMILES string of the molecule is CC[C@H](N)C(=O)NCCN1CCC(C)CC1.Cl.Cl. The summed E-state index contributed by atoms with van der Waals surface area (Å²) >= 11 is 0. The molecule has 1 saturated heterocycles. The number of hydrogen-bond acceptors (Lipinski definition) is 3. The lowest BCUT2D eigenvalue weighted by Crippen LogP contribution is -2.44. The van der Waals surface area contributed by atoms with Crippen LogP contribution in [0, 0.1) is 5.92 Å². The summed E-state index contributed by atoms with van der Waals surface area (Å²) in [7, 11) is 0. The van der Waals surface area contributed by atoms with Gasteiger partial charge >= 0.3 is 0 Å². The fourth-order valence-electron chi connectivity index (χ4n) is 1.94. The normalized spacial score (nSPS) is 18.4. The highest BCUT2D eigenvalue weighted by atomic mass is 35.5. The highest BCUT2D eigenvalue weighted by Gasteiger charge is 2.15. The Labute approximate surface area is 123 Å². The van der Waals surface area contributed by atoms with E-state index in [0.717, 1.165) is 32.1 Å². The summed E-state index contributed by atoms with van der Waals surface area (Å²) < 4.78 is 0. The molecule has 0 aliphatic carbocycles. The van der Waals surface area contributed by atoms with E-state index in [1.165, 1.54) is 12.8 Å². The van der Waals surface area contributed by atoms with Gasteiger partial charge in [0.2, 0.25) is 5.91 Å². The van der Waals surface area contributed by atoms with Crippen molar-refractivity contribution in [1.82, 2.24) is 10.2 Å². The number of rotatable bonds is 5. The summed E-state index contributed by atoms with van der Waals surface area (Å²) in [4.78, 5) is 13.8. The lowest BCUT2D eigenvalue weighted by molar-refractivity contribution is -0.122. The van der Waals surface area contributed by atoms with Crippen LogP contribution >= 0.6 is 24.8 Å². The Kier molecular flexibility index (Phi) is 12.2.